The molecule has 1 amide bonds. The molecule has 0 bridgehead atoms. The zero-order chi connectivity index (χ0) is 26.6. The summed E-state index contributed by atoms with van der Waals surface area (Å²) in [5.74, 6) is -1.02. The Kier molecular flexibility index (Phi) is 7.14. The number of hydrogen-bond acceptors (Lipinski definition) is 5. The van der Waals surface area contributed by atoms with Crippen LogP contribution in [0.25, 0.3) is 11.3 Å². The summed E-state index contributed by atoms with van der Waals surface area (Å²) in [5, 5.41) is 15.9. The van der Waals surface area contributed by atoms with Crippen molar-refractivity contribution in [1.29, 1.82) is 0 Å². The molecular formula is C28H23FN4O4S. The normalized spacial score (nSPS) is 16.8. The van der Waals surface area contributed by atoms with Crippen LogP contribution in [0.5, 0.6) is 0 Å². The number of nitrogens with one attached hydrogen (secondary N) is 2. The number of carbonyl (C=O) groups is 2. The zero-order valence-electron chi connectivity index (χ0n) is 20.0. The molecule has 0 spiro atoms. The summed E-state index contributed by atoms with van der Waals surface area (Å²) in [6.45, 7) is 0.224. The van der Waals surface area contributed by atoms with Crippen LogP contribution in [0.4, 0.5) is 10.1 Å². The first-order chi connectivity index (χ1) is 18.4. The van der Waals surface area contributed by atoms with Crippen LogP contribution >= 0.6 is 12.2 Å². The highest BCUT2D eigenvalue weighted by molar-refractivity contribution is 7.80. The number of aromatic carboxylic acids is 1. The van der Waals surface area contributed by atoms with Crippen molar-refractivity contribution < 1.29 is 23.5 Å². The summed E-state index contributed by atoms with van der Waals surface area (Å²) in [6.07, 6.45) is 1.72. The van der Waals surface area contributed by atoms with Crippen LogP contribution in [0.15, 0.2) is 89.5 Å². The van der Waals surface area contributed by atoms with Gasteiger partial charge in [0.1, 0.15) is 23.4 Å². The molecule has 0 saturated carbocycles. The Labute approximate surface area is 223 Å². The van der Waals surface area contributed by atoms with Crippen LogP contribution in [-0.4, -0.2) is 38.5 Å². The van der Waals surface area contributed by atoms with Crippen molar-refractivity contribution in [2.24, 2.45) is 0 Å². The summed E-state index contributed by atoms with van der Waals surface area (Å²) < 4.78 is 20.2. The number of rotatable bonds is 8. The fraction of sp³-hybridized carbons (Fsp3) is 0.143. The lowest BCUT2D eigenvalue weighted by molar-refractivity contribution is -0.116. The summed E-state index contributed by atoms with van der Waals surface area (Å²) >= 11 is 5.63. The molecule has 1 aliphatic heterocycles. The fourth-order valence-electron chi connectivity index (χ4n) is 4.49. The maximum Gasteiger partial charge on any atom is 0.336 e. The quantitative estimate of drug-likeness (QED) is 0.268. The van der Waals surface area contributed by atoms with Crippen molar-refractivity contribution in [3.8, 4) is 11.3 Å². The minimum Gasteiger partial charge on any atom is -0.478 e. The third-order valence-electron chi connectivity index (χ3n) is 6.27. The molecule has 2 aromatic heterocycles. The van der Waals surface area contributed by atoms with Gasteiger partial charge in [0.25, 0.3) is 0 Å². The molecule has 3 N–H and O–H groups in total. The molecule has 1 aliphatic rings. The molecule has 0 aliphatic carbocycles. The molecule has 10 heteroatoms. The third-order valence-corrected chi connectivity index (χ3v) is 6.62. The Morgan fingerprint density at radius 1 is 1.05 bits per heavy atom. The molecule has 192 valence electrons. The number of halogens is 1. The van der Waals surface area contributed by atoms with E-state index in [0.29, 0.717) is 22.2 Å². The molecule has 5 rings (SSSR count). The molecule has 8 nitrogen and oxygen atoms in total. The van der Waals surface area contributed by atoms with E-state index in [-0.39, 0.29) is 36.2 Å². The van der Waals surface area contributed by atoms with E-state index in [1.165, 1.54) is 18.2 Å². The van der Waals surface area contributed by atoms with E-state index in [1.54, 1.807) is 48.7 Å². The number of furan rings is 1. The summed E-state index contributed by atoms with van der Waals surface area (Å²) in [6, 6.07) is 20.7. The van der Waals surface area contributed by atoms with E-state index in [1.807, 2.05) is 23.1 Å². The Bertz CT molecular complexity index is 1490. The van der Waals surface area contributed by atoms with Crippen molar-refractivity contribution in [1.82, 2.24) is 15.2 Å². The average Bonchev–Trinajstić information content (AvgIpc) is 3.53. The van der Waals surface area contributed by atoms with Gasteiger partial charge in [0.2, 0.25) is 5.91 Å². The van der Waals surface area contributed by atoms with Crippen molar-refractivity contribution >= 4 is 34.9 Å². The second kappa shape index (κ2) is 10.8. The van der Waals surface area contributed by atoms with Crippen LogP contribution in [0.3, 0.4) is 0 Å². The maximum absolute atomic E-state index is 14.0. The van der Waals surface area contributed by atoms with Crippen LogP contribution in [-0.2, 0) is 4.79 Å². The number of hydrogen-bond donors (Lipinski definition) is 3. The Morgan fingerprint density at radius 2 is 1.82 bits per heavy atom. The number of para-hydroxylation sites is 1. The summed E-state index contributed by atoms with van der Waals surface area (Å²) in [5.41, 5.74) is 1.40. The zero-order valence-corrected chi connectivity index (χ0v) is 20.8. The first-order valence-corrected chi connectivity index (χ1v) is 12.3. The minimum atomic E-state index is -1.06. The van der Waals surface area contributed by atoms with Crippen molar-refractivity contribution in [3.63, 3.8) is 0 Å². The lowest BCUT2D eigenvalue weighted by atomic mass is 10.0. The van der Waals surface area contributed by atoms with Gasteiger partial charge in [-0.05, 0) is 54.7 Å². The van der Waals surface area contributed by atoms with Crippen LogP contribution < -0.4 is 10.6 Å². The van der Waals surface area contributed by atoms with Gasteiger partial charge in [0.05, 0.1) is 23.0 Å². The number of carboxylic acid groups (broad SMARTS) is 1. The first-order valence-electron chi connectivity index (χ1n) is 11.9. The standard InChI is InChI=1S/C28H23FN4O4S/c29-19-9-3-4-10-20(19)31-24(34)14-16-33-26(25(32-28(33)38)21-11-5-6-15-30-21)23-13-12-22(37-23)17-7-1-2-8-18(17)27(35)36/h1-13,15,25-26H,14,16H2,(H,31,34)(H,32,38)(H,35,36)/t25-,26+/m1/s1. The van der Waals surface area contributed by atoms with Gasteiger partial charge in [-0.3, -0.25) is 9.78 Å². The number of nitrogens with zero attached hydrogens (tertiary/aromatic N) is 2. The Balaban J connectivity index is 1.43. The van der Waals surface area contributed by atoms with E-state index in [0.717, 1.165) is 5.69 Å². The van der Waals surface area contributed by atoms with Crippen LogP contribution in [0, 0.1) is 5.82 Å². The number of anilines is 1. The molecule has 0 radical (unpaired) electrons. The fourth-order valence-corrected chi connectivity index (χ4v) is 4.83. The molecular weight excluding hydrogens is 507 g/mol. The molecule has 2 atom stereocenters. The van der Waals surface area contributed by atoms with Crippen LogP contribution in [0.2, 0.25) is 0 Å². The lowest BCUT2D eigenvalue weighted by Gasteiger charge is -2.25. The van der Waals surface area contributed by atoms with E-state index >= 15 is 0 Å². The second-order valence-corrected chi connectivity index (χ2v) is 9.04. The van der Waals surface area contributed by atoms with E-state index < -0.39 is 17.8 Å². The minimum absolute atomic E-state index is 0.0387. The number of pyridine rings is 1. The van der Waals surface area contributed by atoms with Crippen molar-refractivity contribution in [3.05, 3.63) is 108 Å². The number of carbonyl (C=O) groups excluding carboxylic acids is 1. The first kappa shape index (κ1) is 25.1. The van der Waals surface area contributed by atoms with Gasteiger partial charge >= 0.3 is 5.97 Å². The molecule has 0 unspecified atom stereocenters. The average molecular weight is 531 g/mol. The highest BCUT2D eigenvalue weighted by Gasteiger charge is 2.41. The van der Waals surface area contributed by atoms with Gasteiger partial charge in [-0.1, -0.05) is 36.4 Å². The molecule has 1 fully saturated rings. The topological polar surface area (TPSA) is 108 Å². The van der Waals surface area contributed by atoms with Gasteiger partial charge in [0, 0.05) is 24.7 Å². The number of benzene rings is 2. The van der Waals surface area contributed by atoms with Gasteiger partial charge in [-0.2, -0.15) is 0 Å². The van der Waals surface area contributed by atoms with Gasteiger partial charge in [0.15, 0.2) is 5.11 Å². The molecule has 3 heterocycles. The van der Waals surface area contributed by atoms with Crippen molar-refractivity contribution in [2.75, 3.05) is 11.9 Å². The number of thiocarbonyl (C=S) groups is 1. The summed E-state index contributed by atoms with van der Waals surface area (Å²) in [4.78, 5) is 30.7. The smallest absolute Gasteiger partial charge is 0.336 e. The monoisotopic (exact) mass is 530 g/mol. The van der Waals surface area contributed by atoms with Gasteiger partial charge < -0.3 is 25.1 Å². The number of aromatic nitrogens is 1. The summed E-state index contributed by atoms with van der Waals surface area (Å²) in [7, 11) is 0. The highest BCUT2D eigenvalue weighted by atomic mass is 32.1. The Morgan fingerprint density at radius 3 is 2.58 bits per heavy atom. The lowest BCUT2D eigenvalue weighted by Crippen LogP contribution is -2.32. The van der Waals surface area contributed by atoms with Crippen LogP contribution in [0.1, 0.15) is 40.3 Å². The SMILES string of the molecule is O=C(CCN1C(=S)N[C@H](c2ccccn2)[C@@H]1c1ccc(-c2ccccc2C(=O)O)o1)Nc1ccccc1F. The number of carboxylic acids is 1. The predicted molar refractivity (Wildman–Crippen MR) is 143 cm³/mol. The highest BCUT2D eigenvalue weighted by Crippen LogP contribution is 2.40. The second-order valence-electron chi connectivity index (χ2n) is 8.65. The maximum atomic E-state index is 14.0. The largest absolute Gasteiger partial charge is 0.478 e. The van der Waals surface area contributed by atoms with Gasteiger partial charge in [-0.25, -0.2) is 9.18 Å². The Hall–Kier alpha value is -4.57. The van der Waals surface area contributed by atoms with Crippen molar-refractivity contribution in [2.45, 2.75) is 18.5 Å². The molecule has 38 heavy (non-hydrogen) atoms. The third kappa shape index (κ3) is 5.12. The predicted octanol–water partition coefficient (Wildman–Crippen LogP) is 5.18. The van der Waals surface area contributed by atoms with Gasteiger partial charge in [-0.15, -0.1) is 0 Å². The number of amides is 1. The molecule has 4 aromatic rings. The van der Waals surface area contributed by atoms with E-state index in [2.05, 4.69) is 15.6 Å². The van der Waals surface area contributed by atoms with E-state index in [9.17, 15) is 19.1 Å². The molecule has 1 saturated heterocycles. The van der Waals surface area contributed by atoms with E-state index in [4.69, 9.17) is 16.6 Å². The molecule has 2 aromatic carbocycles.